The summed E-state index contributed by atoms with van der Waals surface area (Å²) in [4.78, 5) is 6.92. The first-order chi connectivity index (χ1) is 11.3. The van der Waals surface area contributed by atoms with Crippen LogP contribution in [0.25, 0.3) is 0 Å². The Morgan fingerprint density at radius 2 is 1.75 bits per heavy atom. The molecule has 1 aliphatic carbocycles. The standard InChI is InChI=1S/C18H31N3O2.HI/c1-19-18(20-9-10-22-13-5-3-2-4-6-13)21-11-14-15(12-21)17-8-7-16(14)23-17;/h13-17H,2-12H2,1H3,(H,19,20);1H. The number of hydrogen-bond donors (Lipinski definition) is 1. The van der Waals surface area contributed by atoms with Crippen LogP contribution in [0.1, 0.15) is 44.9 Å². The van der Waals surface area contributed by atoms with Crippen molar-refractivity contribution in [2.75, 3.05) is 33.3 Å². The molecule has 6 heteroatoms. The van der Waals surface area contributed by atoms with Gasteiger partial charge in [-0.3, -0.25) is 4.99 Å². The Bertz CT molecular complexity index is 424. The van der Waals surface area contributed by atoms with Crippen LogP contribution in [-0.2, 0) is 9.47 Å². The predicted molar refractivity (Wildman–Crippen MR) is 106 cm³/mol. The van der Waals surface area contributed by atoms with Gasteiger partial charge in [-0.05, 0) is 25.7 Å². The van der Waals surface area contributed by atoms with E-state index < -0.39 is 0 Å². The van der Waals surface area contributed by atoms with Gasteiger partial charge in [-0.25, -0.2) is 0 Å². The Hall–Kier alpha value is -0.0800. The van der Waals surface area contributed by atoms with Gasteiger partial charge in [0, 0.05) is 38.5 Å². The number of ether oxygens (including phenoxy) is 2. The van der Waals surface area contributed by atoms with Crippen LogP contribution in [0.4, 0.5) is 0 Å². The SMILES string of the molecule is CN=C(NCCOC1CCCCC1)N1CC2C3CCC(O3)C2C1.I. The number of nitrogens with one attached hydrogen (secondary N) is 1. The van der Waals surface area contributed by atoms with E-state index in [9.17, 15) is 0 Å². The lowest BCUT2D eigenvalue weighted by molar-refractivity contribution is 0.0315. The van der Waals surface area contributed by atoms with Crippen molar-refractivity contribution < 1.29 is 9.47 Å². The molecule has 0 spiro atoms. The highest BCUT2D eigenvalue weighted by Crippen LogP contribution is 2.47. The topological polar surface area (TPSA) is 46.1 Å². The number of fused-ring (bicyclic) bond motifs is 5. The lowest BCUT2D eigenvalue weighted by Crippen LogP contribution is -2.42. The summed E-state index contributed by atoms with van der Waals surface area (Å²) >= 11 is 0. The van der Waals surface area contributed by atoms with Crippen LogP contribution in [0.3, 0.4) is 0 Å². The molecule has 4 aliphatic rings. The largest absolute Gasteiger partial charge is 0.376 e. The maximum absolute atomic E-state index is 6.06. The molecule has 3 aliphatic heterocycles. The molecule has 4 rings (SSSR count). The Kier molecular flexibility index (Phi) is 6.65. The van der Waals surface area contributed by atoms with Crippen molar-refractivity contribution in [3.8, 4) is 0 Å². The molecule has 24 heavy (non-hydrogen) atoms. The Balaban J connectivity index is 0.00000169. The van der Waals surface area contributed by atoms with Gasteiger partial charge in [0.15, 0.2) is 5.96 Å². The van der Waals surface area contributed by atoms with Crippen LogP contribution in [0, 0.1) is 11.8 Å². The molecule has 4 atom stereocenters. The van der Waals surface area contributed by atoms with Crippen molar-refractivity contribution in [3.05, 3.63) is 0 Å². The fraction of sp³-hybridized carbons (Fsp3) is 0.944. The molecule has 0 amide bonds. The van der Waals surface area contributed by atoms with Gasteiger partial charge in [0.2, 0.25) is 0 Å². The zero-order valence-corrected chi connectivity index (χ0v) is 17.1. The van der Waals surface area contributed by atoms with Crippen LogP contribution in [0.5, 0.6) is 0 Å². The van der Waals surface area contributed by atoms with Crippen molar-refractivity contribution in [3.63, 3.8) is 0 Å². The van der Waals surface area contributed by atoms with E-state index in [0.717, 1.165) is 44.0 Å². The highest BCUT2D eigenvalue weighted by atomic mass is 127. The Morgan fingerprint density at radius 1 is 1.08 bits per heavy atom. The van der Waals surface area contributed by atoms with Gasteiger partial charge in [-0.15, -0.1) is 24.0 Å². The molecule has 4 unspecified atom stereocenters. The number of guanidine groups is 1. The van der Waals surface area contributed by atoms with E-state index >= 15 is 0 Å². The zero-order chi connectivity index (χ0) is 15.6. The van der Waals surface area contributed by atoms with Gasteiger partial charge in [0.1, 0.15) is 0 Å². The molecule has 1 N–H and O–H groups in total. The molecule has 138 valence electrons. The molecule has 5 nitrogen and oxygen atoms in total. The first kappa shape index (κ1) is 18.7. The lowest BCUT2D eigenvalue weighted by atomic mass is 9.82. The van der Waals surface area contributed by atoms with Crippen molar-refractivity contribution in [2.45, 2.75) is 63.3 Å². The highest BCUT2D eigenvalue weighted by molar-refractivity contribution is 14.0. The van der Waals surface area contributed by atoms with Crippen LogP contribution >= 0.6 is 24.0 Å². The summed E-state index contributed by atoms with van der Waals surface area (Å²) in [7, 11) is 1.89. The molecule has 0 aromatic rings. The van der Waals surface area contributed by atoms with Crippen molar-refractivity contribution in [1.29, 1.82) is 0 Å². The summed E-state index contributed by atoms with van der Waals surface area (Å²) in [6, 6.07) is 0. The lowest BCUT2D eigenvalue weighted by Gasteiger charge is -2.25. The molecule has 0 aromatic heterocycles. The number of aliphatic imine (C=N–C) groups is 1. The van der Waals surface area contributed by atoms with Crippen molar-refractivity contribution >= 4 is 29.9 Å². The third kappa shape index (κ3) is 3.85. The maximum atomic E-state index is 6.06. The molecule has 4 fully saturated rings. The average molecular weight is 449 g/mol. The molecular formula is C18H32IN3O2. The van der Waals surface area contributed by atoms with Crippen molar-refractivity contribution in [2.24, 2.45) is 16.8 Å². The third-order valence-electron chi connectivity index (χ3n) is 6.25. The second-order valence-corrected chi connectivity index (χ2v) is 7.63. The minimum absolute atomic E-state index is 0. The first-order valence-corrected chi connectivity index (χ1v) is 9.58. The minimum Gasteiger partial charge on any atom is -0.376 e. The van der Waals surface area contributed by atoms with Gasteiger partial charge < -0.3 is 19.7 Å². The van der Waals surface area contributed by atoms with E-state index in [0.29, 0.717) is 18.3 Å². The van der Waals surface area contributed by atoms with E-state index in [4.69, 9.17) is 9.47 Å². The summed E-state index contributed by atoms with van der Waals surface area (Å²) < 4.78 is 12.1. The van der Waals surface area contributed by atoms with Crippen LogP contribution in [0.15, 0.2) is 4.99 Å². The summed E-state index contributed by atoms with van der Waals surface area (Å²) in [5.41, 5.74) is 0. The minimum atomic E-state index is 0. The van der Waals surface area contributed by atoms with Crippen LogP contribution in [-0.4, -0.2) is 62.5 Å². The molecule has 0 radical (unpaired) electrons. The van der Waals surface area contributed by atoms with E-state index in [1.165, 1.54) is 44.9 Å². The normalized spacial score (nSPS) is 35.9. The van der Waals surface area contributed by atoms with Gasteiger partial charge in [-0.1, -0.05) is 19.3 Å². The quantitative estimate of drug-likeness (QED) is 0.310. The predicted octanol–water partition coefficient (Wildman–Crippen LogP) is 2.64. The Morgan fingerprint density at radius 3 is 2.38 bits per heavy atom. The fourth-order valence-corrected chi connectivity index (χ4v) is 5.09. The van der Waals surface area contributed by atoms with Crippen LogP contribution in [0.2, 0.25) is 0 Å². The molecular weight excluding hydrogens is 417 g/mol. The number of hydrogen-bond acceptors (Lipinski definition) is 3. The molecule has 1 saturated carbocycles. The summed E-state index contributed by atoms with van der Waals surface area (Å²) in [6.07, 6.45) is 10.6. The van der Waals surface area contributed by atoms with Crippen LogP contribution < -0.4 is 5.32 Å². The Labute approximate surface area is 162 Å². The maximum Gasteiger partial charge on any atom is 0.193 e. The summed E-state index contributed by atoms with van der Waals surface area (Å²) in [5.74, 6) is 2.50. The van der Waals surface area contributed by atoms with Crippen molar-refractivity contribution in [1.82, 2.24) is 10.2 Å². The van der Waals surface area contributed by atoms with Gasteiger partial charge in [0.05, 0.1) is 24.9 Å². The monoisotopic (exact) mass is 449 g/mol. The van der Waals surface area contributed by atoms with Gasteiger partial charge in [-0.2, -0.15) is 0 Å². The number of rotatable bonds is 4. The average Bonchev–Trinajstić information content (AvgIpc) is 3.29. The zero-order valence-electron chi connectivity index (χ0n) is 14.8. The second-order valence-electron chi connectivity index (χ2n) is 7.63. The van der Waals surface area contributed by atoms with E-state index in [-0.39, 0.29) is 24.0 Å². The summed E-state index contributed by atoms with van der Waals surface area (Å²) in [6.45, 7) is 3.86. The van der Waals surface area contributed by atoms with E-state index in [2.05, 4.69) is 15.2 Å². The summed E-state index contributed by atoms with van der Waals surface area (Å²) in [5, 5.41) is 3.50. The fourth-order valence-electron chi connectivity index (χ4n) is 5.09. The van der Waals surface area contributed by atoms with Gasteiger partial charge in [0.25, 0.3) is 0 Å². The second kappa shape index (κ2) is 8.54. The molecule has 3 saturated heterocycles. The molecule has 0 aromatic carbocycles. The number of halogens is 1. The van der Waals surface area contributed by atoms with E-state index in [1.54, 1.807) is 0 Å². The van der Waals surface area contributed by atoms with E-state index in [1.807, 2.05) is 7.05 Å². The smallest absolute Gasteiger partial charge is 0.193 e. The third-order valence-corrected chi connectivity index (χ3v) is 6.25. The highest BCUT2D eigenvalue weighted by Gasteiger charge is 2.53. The first-order valence-electron chi connectivity index (χ1n) is 9.58. The molecule has 3 heterocycles. The molecule has 2 bridgehead atoms. The number of nitrogens with zero attached hydrogens (tertiary/aromatic N) is 2. The number of likely N-dealkylation sites (tertiary alicyclic amines) is 1. The van der Waals surface area contributed by atoms with Gasteiger partial charge >= 0.3 is 0 Å².